The third kappa shape index (κ3) is 4.59. The number of ether oxygens (including phenoxy) is 1. The number of rotatable bonds is 4. The molecule has 0 saturated carbocycles. The van der Waals surface area contributed by atoms with E-state index in [4.69, 9.17) is 14.7 Å². The summed E-state index contributed by atoms with van der Waals surface area (Å²) in [7, 11) is 0. The molecule has 40 heavy (non-hydrogen) atoms. The molecule has 10 heteroatoms. The average molecular weight is 557 g/mol. The van der Waals surface area contributed by atoms with Gasteiger partial charge in [-0.15, -0.1) is 11.3 Å². The predicted molar refractivity (Wildman–Crippen MR) is 157 cm³/mol. The number of aryl methyl sites for hydroxylation is 1. The molecule has 0 spiro atoms. The van der Waals surface area contributed by atoms with Gasteiger partial charge in [0, 0.05) is 54.9 Å². The van der Waals surface area contributed by atoms with Crippen LogP contribution in [0.4, 0.5) is 11.6 Å². The summed E-state index contributed by atoms with van der Waals surface area (Å²) < 4.78 is 6.69. The second-order valence-electron chi connectivity index (χ2n) is 10.7. The Labute approximate surface area is 236 Å². The van der Waals surface area contributed by atoms with Crippen molar-refractivity contribution >= 4 is 39.1 Å². The Morgan fingerprint density at radius 2 is 1.93 bits per heavy atom. The molecule has 0 atom stereocenters. The SMILES string of the molecule is Cc1c(-c2cccc(C(=O)N3CCC(O)CC3)c2)sc2c(N3CCOCC3)nc(-c3cnc4c(c3)CCN4)nc12. The van der Waals surface area contributed by atoms with Crippen molar-refractivity contribution in [1.29, 1.82) is 0 Å². The van der Waals surface area contributed by atoms with Crippen LogP contribution in [0, 0.1) is 6.92 Å². The van der Waals surface area contributed by atoms with Crippen LogP contribution in [-0.2, 0) is 11.2 Å². The van der Waals surface area contributed by atoms with Crippen molar-refractivity contribution in [2.45, 2.75) is 32.3 Å². The largest absolute Gasteiger partial charge is 0.393 e. The van der Waals surface area contributed by atoms with E-state index in [-0.39, 0.29) is 12.0 Å². The summed E-state index contributed by atoms with van der Waals surface area (Å²) in [5, 5.41) is 13.2. The molecule has 0 bridgehead atoms. The number of aliphatic hydroxyl groups excluding tert-OH is 1. The number of amides is 1. The number of benzene rings is 1. The van der Waals surface area contributed by atoms with Crippen LogP contribution >= 0.6 is 11.3 Å². The summed E-state index contributed by atoms with van der Waals surface area (Å²) in [6.07, 6.45) is 3.75. The average Bonchev–Trinajstić information content (AvgIpc) is 3.61. The first kappa shape index (κ1) is 25.4. The molecule has 2 saturated heterocycles. The van der Waals surface area contributed by atoms with Gasteiger partial charge in [-0.2, -0.15) is 0 Å². The van der Waals surface area contributed by atoms with Crippen LogP contribution in [0.1, 0.15) is 34.3 Å². The summed E-state index contributed by atoms with van der Waals surface area (Å²) in [5.41, 5.74) is 5.81. The number of hydrogen-bond donors (Lipinski definition) is 2. The Hall–Kier alpha value is -3.60. The topological polar surface area (TPSA) is 104 Å². The second-order valence-corrected chi connectivity index (χ2v) is 11.7. The lowest BCUT2D eigenvalue weighted by Gasteiger charge is -2.29. The van der Waals surface area contributed by atoms with E-state index in [0.29, 0.717) is 50.5 Å². The van der Waals surface area contributed by atoms with Gasteiger partial charge in [0.25, 0.3) is 5.91 Å². The van der Waals surface area contributed by atoms with Crippen molar-refractivity contribution in [2.24, 2.45) is 0 Å². The van der Waals surface area contributed by atoms with Crippen LogP contribution in [0.25, 0.3) is 32.0 Å². The Morgan fingerprint density at radius 1 is 1.10 bits per heavy atom. The maximum atomic E-state index is 13.3. The van der Waals surface area contributed by atoms with Crippen LogP contribution < -0.4 is 10.2 Å². The van der Waals surface area contributed by atoms with Crippen molar-refractivity contribution in [3.8, 4) is 21.8 Å². The predicted octanol–water partition coefficient (Wildman–Crippen LogP) is 4.13. The Bertz CT molecular complexity index is 1590. The maximum absolute atomic E-state index is 13.3. The lowest BCUT2D eigenvalue weighted by atomic mass is 10.0. The van der Waals surface area contributed by atoms with Crippen molar-refractivity contribution < 1.29 is 14.6 Å². The van der Waals surface area contributed by atoms with Crippen LogP contribution in [-0.4, -0.2) is 82.9 Å². The van der Waals surface area contributed by atoms with Gasteiger partial charge in [-0.25, -0.2) is 15.0 Å². The summed E-state index contributed by atoms with van der Waals surface area (Å²) in [4.78, 5) is 33.4. The van der Waals surface area contributed by atoms with Gasteiger partial charge in [-0.1, -0.05) is 12.1 Å². The van der Waals surface area contributed by atoms with Gasteiger partial charge >= 0.3 is 0 Å². The number of anilines is 2. The molecule has 7 rings (SSSR count). The molecule has 4 aromatic rings. The van der Waals surface area contributed by atoms with E-state index >= 15 is 0 Å². The number of nitrogens with one attached hydrogen (secondary N) is 1. The highest BCUT2D eigenvalue weighted by Gasteiger charge is 2.25. The van der Waals surface area contributed by atoms with Crippen LogP contribution in [0.5, 0.6) is 0 Å². The molecule has 2 N–H and O–H groups in total. The number of piperidine rings is 1. The minimum absolute atomic E-state index is 0.0159. The Kier molecular flexibility index (Phi) is 6.61. The molecule has 206 valence electrons. The molecule has 0 unspecified atom stereocenters. The van der Waals surface area contributed by atoms with Gasteiger partial charge in [0.2, 0.25) is 0 Å². The highest BCUT2D eigenvalue weighted by atomic mass is 32.1. The highest BCUT2D eigenvalue weighted by molar-refractivity contribution is 7.23. The van der Waals surface area contributed by atoms with E-state index in [9.17, 15) is 9.90 Å². The van der Waals surface area contributed by atoms with Crippen LogP contribution in [0.15, 0.2) is 36.5 Å². The zero-order valence-corrected chi connectivity index (χ0v) is 23.3. The zero-order valence-electron chi connectivity index (χ0n) is 22.5. The summed E-state index contributed by atoms with van der Waals surface area (Å²) in [6, 6.07) is 10.0. The minimum Gasteiger partial charge on any atom is -0.393 e. The zero-order chi connectivity index (χ0) is 27.2. The smallest absolute Gasteiger partial charge is 0.253 e. The Morgan fingerprint density at radius 3 is 2.75 bits per heavy atom. The fourth-order valence-corrected chi connectivity index (χ4v) is 7.07. The van der Waals surface area contributed by atoms with Gasteiger partial charge in [-0.05, 0) is 61.1 Å². The molecule has 2 fully saturated rings. The van der Waals surface area contributed by atoms with Gasteiger partial charge in [0.05, 0.1) is 29.5 Å². The van der Waals surface area contributed by atoms with Gasteiger partial charge in [0.15, 0.2) is 11.6 Å². The summed E-state index contributed by atoms with van der Waals surface area (Å²) in [5.74, 6) is 2.57. The highest BCUT2D eigenvalue weighted by Crippen LogP contribution is 2.42. The number of pyridine rings is 1. The normalized spacial score (nSPS) is 17.8. The van der Waals surface area contributed by atoms with Crippen molar-refractivity contribution in [3.05, 3.63) is 53.2 Å². The number of aromatic nitrogens is 3. The molecular formula is C30H32N6O3S. The van der Waals surface area contributed by atoms with Gasteiger partial charge < -0.3 is 25.0 Å². The lowest BCUT2D eigenvalue weighted by Crippen LogP contribution is -2.40. The molecule has 1 aromatic carbocycles. The number of likely N-dealkylation sites (tertiary alicyclic amines) is 1. The molecule has 0 aliphatic carbocycles. The maximum Gasteiger partial charge on any atom is 0.253 e. The standard InChI is InChI=1S/C30H32N6O3S/c1-18-24-26(40-25(18)19-3-2-4-21(15-19)30(38)36-9-6-23(37)7-10-36)29(35-11-13-39-14-12-35)34-28(33-24)22-16-20-5-8-31-27(20)32-17-22/h2-4,15-17,23,37H,5-14H2,1H3,(H,31,32). The summed E-state index contributed by atoms with van der Waals surface area (Å²) >= 11 is 1.69. The first-order valence-corrected chi connectivity index (χ1v) is 14.8. The molecule has 1 amide bonds. The number of hydrogen-bond acceptors (Lipinski definition) is 9. The fourth-order valence-electron chi connectivity index (χ4n) is 5.81. The van der Waals surface area contributed by atoms with Gasteiger partial charge in [-0.3, -0.25) is 4.79 Å². The molecule has 0 radical (unpaired) electrons. The van der Waals surface area contributed by atoms with Gasteiger partial charge in [0.1, 0.15) is 5.82 Å². The lowest BCUT2D eigenvalue weighted by molar-refractivity contribution is 0.0546. The Balaban J connectivity index is 1.31. The van der Waals surface area contributed by atoms with E-state index in [0.717, 1.165) is 69.5 Å². The summed E-state index contributed by atoms with van der Waals surface area (Å²) in [6.45, 7) is 7.07. The molecule has 6 heterocycles. The third-order valence-electron chi connectivity index (χ3n) is 8.09. The number of aliphatic hydroxyl groups is 1. The quantitative estimate of drug-likeness (QED) is 0.387. The number of morpholine rings is 1. The van der Waals surface area contributed by atoms with Crippen LogP contribution in [0.2, 0.25) is 0 Å². The van der Waals surface area contributed by atoms with Crippen LogP contribution in [0.3, 0.4) is 0 Å². The monoisotopic (exact) mass is 556 g/mol. The first-order valence-electron chi connectivity index (χ1n) is 14.0. The molecule has 9 nitrogen and oxygen atoms in total. The number of fused-ring (bicyclic) bond motifs is 2. The molecule has 3 aliphatic heterocycles. The van der Waals surface area contributed by atoms with E-state index in [2.05, 4.69) is 34.3 Å². The molecule has 3 aliphatic rings. The second kappa shape index (κ2) is 10.4. The van der Waals surface area contributed by atoms with Crippen molar-refractivity contribution in [3.63, 3.8) is 0 Å². The number of carbonyl (C=O) groups is 1. The molecular weight excluding hydrogens is 524 g/mol. The number of thiophene rings is 1. The number of carbonyl (C=O) groups excluding carboxylic acids is 1. The minimum atomic E-state index is -0.313. The third-order valence-corrected chi connectivity index (χ3v) is 9.42. The van der Waals surface area contributed by atoms with E-state index in [1.807, 2.05) is 29.3 Å². The van der Waals surface area contributed by atoms with E-state index < -0.39 is 0 Å². The first-order chi connectivity index (χ1) is 19.5. The van der Waals surface area contributed by atoms with Crippen molar-refractivity contribution in [1.82, 2.24) is 19.9 Å². The van der Waals surface area contributed by atoms with Crippen molar-refractivity contribution in [2.75, 3.05) is 56.2 Å². The van der Waals surface area contributed by atoms with E-state index in [1.54, 1.807) is 11.3 Å². The fraction of sp³-hybridized carbons (Fsp3) is 0.400. The molecule has 3 aromatic heterocycles. The van der Waals surface area contributed by atoms with E-state index in [1.165, 1.54) is 5.56 Å². The number of nitrogens with zero attached hydrogens (tertiary/aromatic N) is 5.